The van der Waals surface area contributed by atoms with E-state index in [-0.39, 0.29) is 53.4 Å². The minimum atomic E-state index is -2.17. The summed E-state index contributed by atoms with van der Waals surface area (Å²) in [5.41, 5.74) is 0.925. The number of imide groups is 2. The molecule has 10 nitrogen and oxygen atoms in total. The van der Waals surface area contributed by atoms with Crippen molar-refractivity contribution in [2.45, 2.75) is 54.2 Å². The Morgan fingerprint density at radius 2 is 1.71 bits per heavy atom. The number of allylic oxidation sites excluding steroid dienone is 2. The Morgan fingerprint density at radius 1 is 1.02 bits per heavy atom. The van der Waals surface area contributed by atoms with Gasteiger partial charge in [0.15, 0.2) is 21.2 Å². The van der Waals surface area contributed by atoms with Crippen LogP contribution in [0.15, 0.2) is 50.9 Å². The summed E-state index contributed by atoms with van der Waals surface area (Å²) in [5, 5.41) is 19.7. The average Bonchev–Trinajstić information content (AvgIpc) is 3.38. The number of benzene rings is 2. The number of halogens is 5. The lowest BCUT2D eigenvalue weighted by Crippen LogP contribution is -2.60. The second-order valence-electron chi connectivity index (χ2n) is 12.4. The summed E-state index contributed by atoms with van der Waals surface area (Å²) in [6.45, 7) is 0.116. The number of carboxylic acids is 1. The Hall–Kier alpha value is -3.00. The van der Waals surface area contributed by atoms with Gasteiger partial charge in [-0.3, -0.25) is 28.9 Å². The number of likely N-dealkylation sites (tertiary alicyclic amines) is 1. The highest BCUT2D eigenvalue weighted by Gasteiger charge is 2.76. The Bertz CT molecular complexity index is 1790. The van der Waals surface area contributed by atoms with E-state index in [2.05, 4.69) is 31.9 Å². The molecule has 48 heavy (non-hydrogen) atoms. The molecule has 2 saturated heterocycles. The largest absolute Gasteiger partial charge is 0.503 e. The van der Waals surface area contributed by atoms with Crippen LogP contribution in [0.3, 0.4) is 0 Å². The first-order chi connectivity index (χ1) is 22.7. The number of rotatable bonds is 9. The molecule has 6 atom stereocenters. The van der Waals surface area contributed by atoms with E-state index >= 15 is 0 Å². The molecule has 15 heteroatoms. The zero-order chi connectivity index (χ0) is 34.9. The Balaban J connectivity index is 1.47. The van der Waals surface area contributed by atoms with Crippen molar-refractivity contribution in [3.05, 3.63) is 62.3 Å². The number of aliphatic carboxylic acids is 1. The van der Waals surface area contributed by atoms with Crippen molar-refractivity contribution < 1.29 is 43.3 Å². The van der Waals surface area contributed by atoms with E-state index in [1.807, 2.05) is 0 Å². The molecule has 4 amide bonds. The van der Waals surface area contributed by atoms with Crippen molar-refractivity contribution in [1.29, 1.82) is 0 Å². The first kappa shape index (κ1) is 34.8. The second kappa shape index (κ2) is 12.7. The fourth-order valence-electron chi connectivity index (χ4n) is 7.73. The summed E-state index contributed by atoms with van der Waals surface area (Å²) < 4.78 is 19.8. The molecular formula is C33H29Br2Cl2FN2O8. The number of anilines is 1. The molecule has 0 radical (unpaired) electrons. The number of methoxy groups -OCH3 is 1. The third-order valence-corrected chi connectivity index (χ3v) is 13.5. The number of hydrogen-bond donors (Lipinski definition) is 2. The zero-order valence-corrected chi connectivity index (χ0v) is 30.0. The summed E-state index contributed by atoms with van der Waals surface area (Å²) >= 11 is 21.7. The number of amides is 4. The van der Waals surface area contributed by atoms with Gasteiger partial charge in [0.05, 0.1) is 29.1 Å². The third kappa shape index (κ3) is 5.10. The van der Waals surface area contributed by atoms with E-state index in [4.69, 9.17) is 33.0 Å². The molecule has 3 fully saturated rings. The lowest BCUT2D eigenvalue weighted by Gasteiger charge is -2.51. The number of carbonyl (C=O) groups excluding carboxylic acids is 4. The molecule has 0 unspecified atom stereocenters. The number of ether oxygens (including phenoxy) is 1. The molecule has 254 valence electrons. The van der Waals surface area contributed by atoms with E-state index in [1.54, 1.807) is 6.08 Å². The quantitative estimate of drug-likeness (QED) is 0.130. The number of carbonyl (C=O) groups is 5. The highest BCUT2D eigenvalue weighted by molar-refractivity contribution is 9.13. The summed E-state index contributed by atoms with van der Waals surface area (Å²) in [5.74, 6) is -7.81. The standard InChI is InChI=1S/C33H29Br2Cl2FN2O8/c1-48-21-13-19(25(34)26(35)27(21)43)24-17-10-11-18-23(29(45)39(28(18)44)12-4-2-3-5-22(41)42)20(17)14-32(36)30(46)40(31(47)33(24,32)37)16-8-6-15(38)7-9-16/h6-10,13,18,20,23-24,43H,2-5,11-12,14H2,1H3,(H,41,42)/t18-,20+,23-,24+,32+,33-/m0/s1. The van der Waals surface area contributed by atoms with Crippen molar-refractivity contribution in [3.63, 3.8) is 0 Å². The molecule has 2 heterocycles. The van der Waals surface area contributed by atoms with Gasteiger partial charge in [-0.15, -0.1) is 23.2 Å². The van der Waals surface area contributed by atoms with E-state index in [0.717, 1.165) is 17.0 Å². The number of aromatic hydroxyl groups is 1. The molecule has 2 aliphatic heterocycles. The van der Waals surface area contributed by atoms with Gasteiger partial charge in [-0.25, -0.2) is 9.29 Å². The van der Waals surface area contributed by atoms with E-state index in [9.17, 15) is 33.5 Å². The van der Waals surface area contributed by atoms with Gasteiger partial charge in [0, 0.05) is 23.4 Å². The summed E-state index contributed by atoms with van der Waals surface area (Å²) in [4.78, 5) is 65.3. The van der Waals surface area contributed by atoms with Crippen LogP contribution in [0.5, 0.6) is 11.5 Å². The smallest absolute Gasteiger partial charge is 0.303 e. The Kier molecular flexibility index (Phi) is 9.23. The SMILES string of the molecule is COc1cc([C@H]2C3=CC[C@@H]4C(=O)N(CCCCCC(=O)O)C(=O)[C@@H]4[C@@H]3C[C@@]3(Cl)C(=O)N(c4ccc(F)cc4)C(=O)[C@@]23Cl)c(Br)c(Br)c1O. The first-order valence-electron chi connectivity index (χ1n) is 15.2. The van der Waals surface area contributed by atoms with Crippen molar-refractivity contribution in [2.75, 3.05) is 18.6 Å². The second-order valence-corrected chi connectivity index (χ2v) is 15.3. The molecule has 0 aromatic heterocycles. The highest BCUT2D eigenvalue weighted by atomic mass is 79.9. The number of hydrogen-bond acceptors (Lipinski definition) is 7. The van der Waals surface area contributed by atoms with Gasteiger partial charge in [-0.1, -0.05) is 18.1 Å². The van der Waals surface area contributed by atoms with Gasteiger partial charge in [0.2, 0.25) is 11.8 Å². The molecule has 2 aromatic rings. The molecule has 0 spiro atoms. The zero-order valence-electron chi connectivity index (χ0n) is 25.4. The molecule has 2 aliphatic carbocycles. The first-order valence-corrected chi connectivity index (χ1v) is 17.6. The van der Waals surface area contributed by atoms with Crippen LogP contribution in [0.25, 0.3) is 0 Å². The molecule has 4 aliphatic rings. The van der Waals surface area contributed by atoms with Gasteiger partial charge in [-0.05, 0) is 99.4 Å². The fourth-order valence-corrected chi connectivity index (χ4v) is 9.61. The van der Waals surface area contributed by atoms with Gasteiger partial charge in [-0.2, -0.15) is 0 Å². The van der Waals surface area contributed by atoms with Crippen molar-refractivity contribution in [2.24, 2.45) is 17.8 Å². The van der Waals surface area contributed by atoms with E-state index in [0.29, 0.717) is 34.9 Å². The molecule has 6 rings (SSSR count). The predicted octanol–water partition coefficient (Wildman–Crippen LogP) is 6.27. The van der Waals surface area contributed by atoms with Crippen LogP contribution >= 0.6 is 55.1 Å². The minimum Gasteiger partial charge on any atom is -0.503 e. The van der Waals surface area contributed by atoms with Gasteiger partial charge < -0.3 is 14.9 Å². The monoisotopic (exact) mass is 828 g/mol. The fraction of sp³-hybridized carbons (Fsp3) is 0.424. The number of fused-ring (bicyclic) bond motifs is 4. The van der Waals surface area contributed by atoms with Gasteiger partial charge in [0.25, 0.3) is 11.8 Å². The molecule has 2 aromatic carbocycles. The Labute approximate surface area is 301 Å². The molecular weight excluding hydrogens is 802 g/mol. The summed E-state index contributed by atoms with van der Waals surface area (Å²) in [6, 6.07) is 6.21. The maximum atomic E-state index is 14.5. The van der Waals surface area contributed by atoms with Crippen LogP contribution in [0.1, 0.15) is 50.0 Å². The number of carboxylic acid groups (broad SMARTS) is 1. The summed E-state index contributed by atoms with van der Waals surface area (Å²) in [7, 11) is 1.34. The van der Waals surface area contributed by atoms with Crippen molar-refractivity contribution in [1.82, 2.24) is 4.90 Å². The van der Waals surface area contributed by atoms with Gasteiger partial charge >= 0.3 is 5.97 Å². The van der Waals surface area contributed by atoms with Crippen LogP contribution < -0.4 is 9.64 Å². The van der Waals surface area contributed by atoms with Crippen LogP contribution in [0.2, 0.25) is 0 Å². The summed E-state index contributed by atoms with van der Waals surface area (Å²) in [6.07, 6.45) is 3.02. The number of alkyl halides is 2. The lowest BCUT2D eigenvalue weighted by atomic mass is 9.56. The van der Waals surface area contributed by atoms with Crippen LogP contribution in [0, 0.1) is 23.6 Å². The van der Waals surface area contributed by atoms with Crippen molar-refractivity contribution in [3.8, 4) is 11.5 Å². The third-order valence-electron chi connectivity index (χ3n) is 9.96. The van der Waals surface area contributed by atoms with Crippen LogP contribution in [-0.2, 0) is 24.0 Å². The predicted molar refractivity (Wildman–Crippen MR) is 179 cm³/mol. The highest BCUT2D eigenvalue weighted by Crippen LogP contribution is 2.67. The molecule has 0 bridgehead atoms. The minimum absolute atomic E-state index is 0.0166. The number of phenols is 1. The normalized spacial score (nSPS) is 29.5. The van der Waals surface area contributed by atoms with Crippen LogP contribution in [0.4, 0.5) is 10.1 Å². The molecule has 2 N–H and O–H groups in total. The van der Waals surface area contributed by atoms with Gasteiger partial charge in [0.1, 0.15) is 5.82 Å². The number of phenolic OH excluding ortho intramolecular Hbond substituents is 1. The lowest BCUT2D eigenvalue weighted by molar-refractivity contribution is -0.141. The van der Waals surface area contributed by atoms with E-state index < -0.39 is 62.9 Å². The number of unbranched alkanes of at least 4 members (excludes halogenated alkanes) is 2. The Morgan fingerprint density at radius 3 is 2.35 bits per heavy atom. The average molecular weight is 831 g/mol. The topological polar surface area (TPSA) is 142 Å². The van der Waals surface area contributed by atoms with E-state index in [1.165, 1.54) is 30.2 Å². The molecule has 1 saturated carbocycles. The maximum absolute atomic E-state index is 14.5. The number of nitrogens with zero attached hydrogens (tertiary/aromatic N) is 2. The van der Waals surface area contributed by atoms with Crippen LogP contribution in [-0.4, -0.2) is 68.1 Å². The maximum Gasteiger partial charge on any atom is 0.303 e. The van der Waals surface area contributed by atoms with Crippen molar-refractivity contribution >= 4 is 90.3 Å².